The number of carbonyl (C=O) groups is 1. The van der Waals surface area contributed by atoms with E-state index < -0.39 is 0 Å². The van der Waals surface area contributed by atoms with Gasteiger partial charge >= 0.3 is 0 Å². The average molecular weight is 332 g/mol. The Kier molecular flexibility index (Phi) is 5.76. The minimum absolute atomic E-state index is 0.104. The third-order valence-electron chi connectivity index (χ3n) is 3.16. The largest absolute Gasteiger partial charge is 0.497 e. The topological polar surface area (TPSA) is 73.6 Å². The van der Waals surface area contributed by atoms with E-state index >= 15 is 0 Å². The molecule has 2 aromatic carbocycles. The number of amides is 1. The molecule has 2 aromatic rings. The van der Waals surface area contributed by atoms with Crippen molar-refractivity contribution in [2.45, 2.75) is 17.1 Å². The summed E-state index contributed by atoms with van der Waals surface area (Å²) in [6, 6.07) is 12.7. The van der Waals surface area contributed by atoms with Crippen molar-refractivity contribution in [3.8, 4) is 11.5 Å². The van der Waals surface area contributed by atoms with Crippen molar-refractivity contribution in [2.24, 2.45) is 0 Å². The highest BCUT2D eigenvalue weighted by molar-refractivity contribution is 8.00. The van der Waals surface area contributed by atoms with Crippen LogP contribution in [0.25, 0.3) is 0 Å². The second-order valence-electron chi connectivity index (χ2n) is 4.92. The summed E-state index contributed by atoms with van der Waals surface area (Å²) in [5.41, 5.74) is 7.07. The first kappa shape index (κ1) is 17.0. The lowest BCUT2D eigenvalue weighted by molar-refractivity contribution is -0.115. The minimum atomic E-state index is -0.269. The summed E-state index contributed by atoms with van der Waals surface area (Å²) in [6.07, 6.45) is 0. The fourth-order valence-electron chi connectivity index (χ4n) is 1.97. The summed E-state index contributed by atoms with van der Waals surface area (Å²) in [7, 11) is 3.14. The molecule has 1 atom stereocenters. The Bertz CT molecular complexity index is 669. The van der Waals surface area contributed by atoms with Crippen molar-refractivity contribution >= 4 is 29.0 Å². The quantitative estimate of drug-likeness (QED) is 0.626. The van der Waals surface area contributed by atoms with E-state index in [9.17, 15) is 4.79 Å². The van der Waals surface area contributed by atoms with Crippen LogP contribution in [-0.2, 0) is 4.79 Å². The van der Waals surface area contributed by atoms with Crippen LogP contribution < -0.4 is 20.5 Å². The van der Waals surface area contributed by atoms with Crippen molar-refractivity contribution in [3.63, 3.8) is 0 Å². The minimum Gasteiger partial charge on any atom is -0.497 e. The fraction of sp³-hybridized carbons (Fsp3) is 0.235. The molecule has 0 aromatic heterocycles. The Balaban J connectivity index is 2.06. The second-order valence-corrected chi connectivity index (χ2v) is 6.34. The molecule has 0 radical (unpaired) electrons. The second kappa shape index (κ2) is 7.78. The predicted molar refractivity (Wildman–Crippen MR) is 94.3 cm³/mol. The molecule has 0 fully saturated rings. The van der Waals surface area contributed by atoms with E-state index in [0.717, 1.165) is 4.90 Å². The van der Waals surface area contributed by atoms with E-state index in [4.69, 9.17) is 15.2 Å². The molecule has 2 rings (SSSR count). The Morgan fingerprint density at radius 1 is 1.13 bits per heavy atom. The molecule has 0 saturated heterocycles. The lowest BCUT2D eigenvalue weighted by atomic mass is 10.2. The molecule has 0 bridgehead atoms. The molecule has 0 aliphatic heterocycles. The lowest BCUT2D eigenvalue weighted by Gasteiger charge is -2.14. The van der Waals surface area contributed by atoms with Crippen LogP contribution in [0.2, 0.25) is 0 Å². The van der Waals surface area contributed by atoms with Crippen LogP contribution in [0.15, 0.2) is 47.4 Å². The molecule has 0 aliphatic rings. The maximum Gasteiger partial charge on any atom is 0.237 e. The lowest BCUT2D eigenvalue weighted by Crippen LogP contribution is -2.22. The number of hydrogen-bond acceptors (Lipinski definition) is 5. The van der Waals surface area contributed by atoms with Gasteiger partial charge < -0.3 is 20.5 Å². The number of ether oxygens (including phenoxy) is 2. The van der Waals surface area contributed by atoms with Crippen molar-refractivity contribution in [1.82, 2.24) is 0 Å². The SMILES string of the molecule is COc1cc(NC(=O)C(C)Sc2cccc(N)c2)cc(OC)c1. The van der Waals surface area contributed by atoms with Crippen LogP contribution in [-0.4, -0.2) is 25.4 Å². The first-order valence-electron chi connectivity index (χ1n) is 7.08. The molecule has 5 nitrogen and oxygen atoms in total. The van der Waals surface area contributed by atoms with Crippen LogP contribution >= 0.6 is 11.8 Å². The number of carbonyl (C=O) groups excluding carboxylic acids is 1. The summed E-state index contributed by atoms with van der Waals surface area (Å²) in [4.78, 5) is 13.3. The summed E-state index contributed by atoms with van der Waals surface area (Å²) in [6.45, 7) is 1.85. The molecular weight excluding hydrogens is 312 g/mol. The molecule has 0 heterocycles. The number of hydrogen-bond donors (Lipinski definition) is 2. The predicted octanol–water partition coefficient (Wildman–Crippen LogP) is 3.41. The van der Waals surface area contributed by atoms with Crippen LogP contribution in [0, 0.1) is 0 Å². The third-order valence-corrected chi connectivity index (χ3v) is 4.25. The van der Waals surface area contributed by atoms with Gasteiger partial charge in [0, 0.05) is 34.5 Å². The maximum atomic E-state index is 12.4. The van der Waals surface area contributed by atoms with Crippen molar-refractivity contribution in [3.05, 3.63) is 42.5 Å². The van der Waals surface area contributed by atoms with Gasteiger partial charge in [-0.25, -0.2) is 0 Å². The van der Waals surface area contributed by atoms with Crippen molar-refractivity contribution < 1.29 is 14.3 Å². The van der Waals surface area contributed by atoms with Gasteiger partial charge in [-0.3, -0.25) is 4.79 Å². The van der Waals surface area contributed by atoms with Gasteiger partial charge in [0.25, 0.3) is 0 Å². The van der Waals surface area contributed by atoms with Crippen LogP contribution in [0.1, 0.15) is 6.92 Å². The molecule has 1 amide bonds. The van der Waals surface area contributed by atoms with Gasteiger partial charge in [-0.05, 0) is 25.1 Å². The van der Waals surface area contributed by atoms with E-state index in [2.05, 4.69) is 5.32 Å². The average Bonchev–Trinajstić information content (AvgIpc) is 2.54. The number of methoxy groups -OCH3 is 2. The van der Waals surface area contributed by atoms with E-state index in [1.54, 1.807) is 32.4 Å². The number of nitrogen functional groups attached to an aromatic ring is 1. The fourth-order valence-corrected chi connectivity index (χ4v) is 2.90. The standard InChI is InChI=1S/C17H20N2O3S/c1-11(23-16-6-4-5-12(18)7-16)17(20)19-13-8-14(21-2)10-15(9-13)22-3/h4-11H,18H2,1-3H3,(H,19,20). The Labute approximate surface area is 140 Å². The molecule has 3 N–H and O–H groups in total. The normalized spacial score (nSPS) is 11.6. The zero-order valence-electron chi connectivity index (χ0n) is 13.3. The van der Waals surface area contributed by atoms with Gasteiger partial charge in [0.1, 0.15) is 11.5 Å². The van der Waals surface area contributed by atoms with Crippen LogP contribution in [0.3, 0.4) is 0 Å². The molecule has 1 unspecified atom stereocenters. The Morgan fingerprint density at radius 3 is 2.35 bits per heavy atom. The first-order valence-corrected chi connectivity index (χ1v) is 7.96. The third kappa shape index (κ3) is 4.82. The number of thioether (sulfide) groups is 1. The van der Waals surface area contributed by atoms with Gasteiger partial charge in [0.05, 0.1) is 19.5 Å². The van der Waals surface area contributed by atoms with E-state index in [0.29, 0.717) is 22.9 Å². The van der Waals surface area contributed by atoms with Gasteiger partial charge in [-0.1, -0.05) is 6.07 Å². The highest BCUT2D eigenvalue weighted by atomic mass is 32.2. The first-order chi connectivity index (χ1) is 11.0. The zero-order valence-corrected chi connectivity index (χ0v) is 14.1. The maximum absolute atomic E-state index is 12.4. The molecule has 0 aliphatic carbocycles. The molecule has 0 saturated carbocycles. The Morgan fingerprint density at radius 2 is 1.78 bits per heavy atom. The van der Waals surface area contributed by atoms with Crippen LogP contribution in [0.5, 0.6) is 11.5 Å². The molecule has 23 heavy (non-hydrogen) atoms. The van der Waals surface area contributed by atoms with Gasteiger partial charge in [-0.2, -0.15) is 0 Å². The van der Waals surface area contributed by atoms with E-state index in [-0.39, 0.29) is 11.2 Å². The number of anilines is 2. The van der Waals surface area contributed by atoms with Gasteiger partial charge in [-0.15, -0.1) is 11.8 Å². The molecule has 6 heteroatoms. The van der Waals surface area contributed by atoms with Crippen molar-refractivity contribution in [2.75, 3.05) is 25.3 Å². The summed E-state index contributed by atoms with van der Waals surface area (Å²) < 4.78 is 10.4. The highest BCUT2D eigenvalue weighted by Gasteiger charge is 2.15. The van der Waals surface area contributed by atoms with Gasteiger partial charge in [0.15, 0.2) is 0 Å². The highest BCUT2D eigenvalue weighted by Crippen LogP contribution is 2.28. The van der Waals surface area contributed by atoms with Crippen LogP contribution in [0.4, 0.5) is 11.4 Å². The summed E-state index contributed by atoms with van der Waals surface area (Å²) in [5.74, 6) is 1.14. The summed E-state index contributed by atoms with van der Waals surface area (Å²) >= 11 is 1.45. The Hall–Kier alpha value is -2.34. The van der Waals surface area contributed by atoms with Crippen molar-refractivity contribution in [1.29, 1.82) is 0 Å². The van der Waals surface area contributed by atoms with Gasteiger partial charge in [0.2, 0.25) is 5.91 Å². The number of rotatable bonds is 6. The molecular formula is C17H20N2O3S. The molecule has 122 valence electrons. The van der Waals surface area contributed by atoms with E-state index in [1.807, 2.05) is 31.2 Å². The summed E-state index contributed by atoms with van der Waals surface area (Å²) in [5, 5.41) is 2.61. The number of nitrogens with one attached hydrogen (secondary N) is 1. The molecule has 0 spiro atoms. The van der Waals surface area contributed by atoms with E-state index in [1.165, 1.54) is 11.8 Å². The monoisotopic (exact) mass is 332 g/mol. The smallest absolute Gasteiger partial charge is 0.237 e. The zero-order chi connectivity index (χ0) is 16.8. The number of nitrogens with two attached hydrogens (primary N) is 1. The number of benzene rings is 2.